The number of hydrogen-bond acceptors (Lipinski definition) is 4. The van der Waals surface area contributed by atoms with Gasteiger partial charge in [0.25, 0.3) is 0 Å². The minimum atomic E-state index is -0.698. The summed E-state index contributed by atoms with van der Waals surface area (Å²) >= 11 is 0. The number of phenols is 1. The van der Waals surface area contributed by atoms with Gasteiger partial charge in [0.1, 0.15) is 12.0 Å². The lowest BCUT2D eigenvalue weighted by Crippen LogP contribution is -2.47. The fourth-order valence-electron chi connectivity index (χ4n) is 10.7. The molecule has 5 nitrogen and oxygen atoms in total. The Morgan fingerprint density at radius 2 is 1.67 bits per heavy atom. The lowest BCUT2D eigenvalue weighted by Gasteiger charge is -2.48. The van der Waals surface area contributed by atoms with E-state index >= 15 is 0 Å². The number of aldehydes is 1. The van der Waals surface area contributed by atoms with Crippen molar-refractivity contribution in [3.05, 3.63) is 124 Å². The van der Waals surface area contributed by atoms with Gasteiger partial charge in [-0.2, -0.15) is 0 Å². The van der Waals surface area contributed by atoms with E-state index in [2.05, 4.69) is 91.0 Å². The first-order valence-corrected chi connectivity index (χ1v) is 20.8. The van der Waals surface area contributed by atoms with E-state index in [1.165, 1.54) is 39.0 Å². The molecule has 4 aliphatic carbocycles. The van der Waals surface area contributed by atoms with Crippen molar-refractivity contribution in [2.24, 2.45) is 41.2 Å². The molecule has 1 fully saturated rings. The van der Waals surface area contributed by atoms with Crippen molar-refractivity contribution < 1.29 is 19.8 Å². The Kier molecular flexibility index (Phi) is 12.3. The molecule has 3 aromatic carbocycles. The Bertz CT molecular complexity index is 1940. The number of aliphatic carboxylic acids is 1. The van der Waals surface area contributed by atoms with E-state index in [1.807, 2.05) is 12.1 Å². The molecule has 5 heteroatoms. The van der Waals surface area contributed by atoms with Crippen LogP contribution in [0.15, 0.2) is 96.6 Å². The third-order valence-electron chi connectivity index (χ3n) is 13.7. The van der Waals surface area contributed by atoms with Gasteiger partial charge in [-0.25, -0.2) is 0 Å². The summed E-state index contributed by atoms with van der Waals surface area (Å²) in [6.07, 6.45) is 26.0. The zero-order valence-corrected chi connectivity index (χ0v) is 31.8. The van der Waals surface area contributed by atoms with E-state index < -0.39 is 17.3 Å². The van der Waals surface area contributed by atoms with Crippen LogP contribution in [-0.4, -0.2) is 29.0 Å². The van der Waals surface area contributed by atoms with Gasteiger partial charge in [-0.15, -0.1) is 0 Å². The van der Waals surface area contributed by atoms with E-state index in [0.29, 0.717) is 36.6 Å². The number of phenolic OH excluding ortho intramolecular Hbond substituents is 1. The van der Waals surface area contributed by atoms with Gasteiger partial charge in [-0.1, -0.05) is 116 Å². The summed E-state index contributed by atoms with van der Waals surface area (Å²) in [6.45, 7) is 0.673. The van der Waals surface area contributed by atoms with Crippen molar-refractivity contribution in [2.45, 2.75) is 101 Å². The summed E-state index contributed by atoms with van der Waals surface area (Å²) in [6, 6.07) is 25.3. The second kappa shape index (κ2) is 17.5. The number of carbonyl (C=O) groups is 2. The van der Waals surface area contributed by atoms with Gasteiger partial charge in [-0.05, 0) is 146 Å². The van der Waals surface area contributed by atoms with E-state index in [0.717, 1.165) is 83.5 Å². The molecule has 0 unspecified atom stereocenters. The van der Waals surface area contributed by atoms with Gasteiger partial charge in [0.15, 0.2) is 0 Å². The van der Waals surface area contributed by atoms with Crippen molar-refractivity contribution in [3.63, 3.8) is 0 Å². The molecule has 0 aromatic heterocycles. The topological polar surface area (TPSA) is 101 Å². The van der Waals surface area contributed by atoms with Gasteiger partial charge in [0.2, 0.25) is 0 Å². The predicted octanol–water partition coefficient (Wildman–Crippen LogP) is 8.77. The molecule has 3 aromatic rings. The van der Waals surface area contributed by atoms with Crippen LogP contribution in [0.3, 0.4) is 0 Å². The van der Waals surface area contributed by atoms with Gasteiger partial charge in [-0.3, -0.25) is 4.79 Å². The minimum absolute atomic E-state index is 0.0899. The highest BCUT2D eigenvalue weighted by Crippen LogP contribution is 2.52. The number of benzene rings is 3. The zero-order valence-electron chi connectivity index (χ0n) is 31.8. The average molecular weight is 726 g/mol. The zero-order chi connectivity index (χ0) is 37.5. The monoisotopic (exact) mass is 725 g/mol. The Balaban J connectivity index is 1.13. The van der Waals surface area contributed by atoms with Gasteiger partial charge in [0, 0.05) is 11.3 Å². The van der Waals surface area contributed by atoms with Crippen LogP contribution < -0.4 is 16.2 Å². The SMILES string of the molecule is NCCC1=C[C@@H]([C@@H](C=O)CCCCC[C@H]2C/C=C/C[C@@H](C(=O)O)[C@@]3(CC[C@@H]4C=c5ccccc5=C[C@@H]4C3)c3cccc(c3)C[C@H]2c2ccc(O)cc2)CC1. The van der Waals surface area contributed by atoms with Crippen molar-refractivity contribution in [3.8, 4) is 5.75 Å². The normalized spacial score (nSPS) is 28.9. The van der Waals surface area contributed by atoms with Crippen LogP contribution in [-0.2, 0) is 21.4 Å². The number of allylic oxidation sites excluding steroid dienone is 3. The summed E-state index contributed by atoms with van der Waals surface area (Å²) in [5.74, 6) is 0.850. The lowest BCUT2D eigenvalue weighted by atomic mass is 9.55. The molecule has 0 aliphatic heterocycles. The van der Waals surface area contributed by atoms with E-state index in [4.69, 9.17) is 5.73 Å². The summed E-state index contributed by atoms with van der Waals surface area (Å²) in [7, 11) is 0. The molecule has 7 rings (SSSR count). The van der Waals surface area contributed by atoms with Gasteiger partial charge >= 0.3 is 5.97 Å². The molecule has 0 amide bonds. The van der Waals surface area contributed by atoms with Crippen LogP contribution >= 0.6 is 0 Å². The highest BCUT2D eigenvalue weighted by Gasteiger charge is 2.49. The predicted molar refractivity (Wildman–Crippen MR) is 218 cm³/mol. The van der Waals surface area contributed by atoms with E-state index in [1.54, 1.807) is 0 Å². The molecule has 284 valence electrons. The van der Waals surface area contributed by atoms with Crippen LogP contribution in [0.25, 0.3) is 12.2 Å². The summed E-state index contributed by atoms with van der Waals surface area (Å²) in [5.41, 5.74) is 10.4. The molecule has 1 saturated carbocycles. The summed E-state index contributed by atoms with van der Waals surface area (Å²) in [4.78, 5) is 25.4. The van der Waals surface area contributed by atoms with Crippen molar-refractivity contribution in [1.29, 1.82) is 0 Å². The smallest absolute Gasteiger partial charge is 0.307 e. The number of hydrogen-bond donors (Lipinski definition) is 3. The Morgan fingerprint density at radius 1 is 0.889 bits per heavy atom. The largest absolute Gasteiger partial charge is 0.508 e. The Morgan fingerprint density at radius 3 is 2.43 bits per heavy atom. The average Bonchev–Trinajstić information content (AvgIpc) is 3.65. The van der Waals surface area contributed by atoms with Crippen LogP contribution in [0.2, 0.25) is 0 Å². The number of unbranched alkanes of at least 4 members (excludes halogenated alkanes) is 2. The molecule has 4 aliphatic rings. The number of carboxylic acids is 1. The van der Waals surface area contributed by atoms with E-state index in [9.17, 15) is 19.8 Å². The second-order valence-electron chi connectivity index (χ2n) is 16.9. The quantitative estimate of drug-likeness (QED) is 0.0985. The van der Waals surface area contributed by atoms with Crippen LogP contribution in [0.1, 0.15) is 106 Å². The van der Waals surface area contributed by atoms with Crippen LogP contribution in [0.5, 0.6) is 5.75 Å². The highest BCUT2D eigenvalue weighted by molar-refractivity contribution is 5.73. The first-order chi connectivity index (χ1) is 26.4. The molecular weight excluding hydrogens is 667 g/mol. The molecule has 8 atom stereocenters. The first-order valence-electron chi connectivity index (χ1n) is 20.8. The number of carbonyl (C=O) groups excluding carboxylic acids is 1. The molecule has 0 radical (unpaired) electrons. The fraction of sp³-hybridized carbons (Fsp3) is 0.469. The van der Waals surface area contributed by atoms with Gasteiger partial charge < -0.3 is 20.7 Å². The molecule has 1 spiro atoms. The number of carboxylic acid groups (broad SMARTS) is 1. The van der Waals surface area contributed by atoms with E-state index in [-0.39, 0.29) is 17.6 Å². The fourth-order valence-corrected chi connectivity index (χ4v) is 10.7. The first kappa shape index (κ1) is 38.1. The molecular formula is C49H59NO4. The third kappa shape index (κ3) is 8.52. The molecule has 2 bridgehead atoms. The maximum Gasteiger partial charge on any atom is 0.307 e. The van der Waals surface area contributed by atoms with Crippen molar-refractivity contribution >= 4 is 24.4 Å². The molecule has 0 saturated heterocycles. The van der Waals surface area contributed by atoms with Gasteiger partial charge in [0.05, 0.1) is 5.92 Å². The van der Waals surface area contributed by atoms with Crippen molar-refractivity contribution in [2.75, 3.05) is 6.54 Å². The third-order valence-corrected chi connectivity index (χ3v) is 13.7. The standard InChI is InChI=1S/C49H59NO4/c50-26-24-34-17-18-40(27-34)42(33-51)14-3-1-2-10-36-11-6-7-16-47(48(53)54)49(25-23-41-30-38-12-4-5-13-39(38)31-43(41)32-49)44-15-8-9-35(28-44)29-46(36)37-19-21-45(52)22-20-37/h4-9,12-13,15,19-22,27-28,30-31,33,36,40-43,46-47,52H,1-3,10-11,14,16-18,23-26,29,32,50H2,(H,53,54)/b7-6+/t36-,40-,41+,42+,43+,46+,47-,49+/m0/s1. The number of nitrogens with two attached hydrogens (primary N) is 1. The number of rotatable bonds is 12. The maximum absolute atomic E-state index is 13.3. The summed E-state index contributed by atoms with van der Waals surface area (Å²) < 4.78 is 0. The Hall–Kier alpha value is -4.22. The van der Waals surface area contributed by atoms with Crippen LogP contribution in [0.4, 0.5) is 0 Å². The molecule has 54 heavy (non-hydrogen) atoms. The van der Waals surface area contributed by atoms with Crippen molar-refractivity contribution in [1.82, 2.24) is 0 Å². The molecule has 4 N–H and O–H groups in total. The number of aromatic hydroxyl groups is 1. The lowest BCUT2D eigenvalue weighted by molar-refractivity contribution is -0.145. The minimum Gasteiger partial charge on any atom is -0.508 e. The van der Waals surface area contributed by atoms with Crippen LogP contribution in [0, 0.1) is 35.5 Å². The number of fused-ring (bicyclic) bond motifs is 5. The Labute approximate surface area is 321 Å². The second-order valence-corrected chi connectivity index (χ2v) is 16.9. The maximum atomic E-state index is 13.3. The molecule has 0 heterocycles. The highest BCUT2D eigenvalue weighted by atomic mass is 16.4. The summed E-state index contributed by atoms with van der Waals surface area (Å²) in [5, 5.41) is 23.7.